The highest BCUT2D eigenvalue weighted by Gasteiger charge is 2.26. The van der Waals surface area contributed by atoms with Crippen molar-refractivity contribution in [1.82, 2.24) is 0 Å². The molecule has 13 heavy (non-hydrogen) atoms. The van der Waals surface area contributed by atoms with Gasteiger partial charge in [-0.2, -0.15) is 5.26 Å². The second-order valence-electron chi connectivity index (χ2n) is 3.52. The molecule has 0 aliphatic carbocycles. The average molecular weight is 202 g/mol. The van der Waals surface area contributed by atoms with E-state index in [0.29, 0.717) is 19.3 Å². The molecule has 0 bridgehead atoms. The lowest BCUT2D eigenvalue weighted by molar-refractivity contribution is 0.416. The first-order valence-electron chi connectivity index (χ1n) is 4.38. The molecule has 0 saturated carbocycles. The fourth-order valence-corrected chi connectivity index (χ4v) is 3.07. The number of rotatable bonds is 1. The molecular weight excluding hydrogens is 188 g/mol. The van der Waals surface area contributed by atoms with E-state index in [1.165, 1.54) is 0 Å². The molecule has 1 rings (SSSR count). The van der Waals surface area contributed by atoms with Crippen molar-refractivity contribution in [1.29, 1.82) is 5.26 Å². The van der Waals surface area contributed by atoms with Gasteiger partial charge in [-0.3, -0.25) is 0 Å². The van der Waals surface area contributed by atoms with E-state index in [9.17, 15) is 8.42 Å². The van der Waals surface area contributed by atoms with Gasteiger partial charge in [0.25, 0.3) is 0 Å². The van der Waals surface area contributed by atoms with Crippen LogP contribution in [-0.4, -0.2) is 26.0 Å². The first kappa shape index (κ1) is 10.5. The summed E-state index contributed by atoms with van der Waals surface area (Å²) in [5.41, 5.74) is 5.77. The van der Waals surface area contributed by atoms with Gasteiger partial charge in [-0.05, 0) is 18.8 Å². The average Bonchev–Trinajstić information content (AvgIpc) is 2.18. The predicted octanol–water partition coefficient (Wildman–Crippen LogP) is 0.0522. The number of nitrogens with two attached hydrogens (primary N) is 1. The molecule has 1 fully saturated rings. The summed E-state index contributed by atoms with van der Waals surface area (Å²) < 4.78 is 22.5. The molecule has 0 amide bonds. The molecule has 0 spiro atoms. The second-order valence-corrected chi connectivity index (χ2v) is 5.82. The molecule has 2 N–H and O–H groups in total. The molecule has 1 saturated heterocycles. The maximum absolute atomic E-state index is 11.2. The van der Waals surface area contributed by atoms with E-state index < -0.39 is 9.84 Å². The molecule has 1 aliphatic heterocycles. The van der Waals surface area contributed by atoms with Crippen LogP contribution in [0.4, 0.5) is 0 Å². The smallest absolute Gasteiger partial charge is 0.150 e. The van der Waals surface area contributed by atoms with Crippen LogP contribution in [0, 0.1) is 17.2 Å². The fraction of sp³-hybridized carbons (Fsp3) is 0.875. The molecule has 1 aliphatic rings. The molecule has 5 heteroatoms. The maximum atomic E-state index is 11.2. The van der Waals surface area contributed by atoms with E-state index in [-0.39, 0.29) is 23.5 Å². The third-order valence-corrected chi connectivity index (χ3v) is 4.24. The van der Waals surface area contributed by atoms with Gasteiger partial charge < -0.3 is 5.73 Å². The highest BCUT2D eigenvalue weighted by Crippen LogP contribution is 2.20. The van der Waals surface area contributed by atoms with Crippen LogP contribution in [0.5, 0.6) is 0 Å². The number of nitriles is 1. The number of hydrogen-bond acceptors (Lipinski definition) is 4. The van der Waals surface area contributed by atoms with Crippen LogP contribution in [0.15, 0.2) is 0 Å². The molecule has 74 valence electrons. The molecule has 1 heterocycles. The Labute approximate surface area is 78.6 Å². The molecule has 0 radical (unpaired) electrons. The Morgan fingerprint density at radius 3 is 2.62 bits per heavy atom. The van der Waals surface area contributed by atoms with Crippen LogP contribution in [-0.2, 0) is 9.84 Å². The quantitative estimate of drug-likeness (QED) is 0.651. The van der Waals surface area contributed by atoms with Crippen LogP contribution in [0.25, 0.3) is 0 Å². The van der Waals surface area contributed by atoms with Gasteiger partial charge in [0, 0.05) is 12.5 Å². The van der Waals surface area contributed by atoms with Crippen molar-refractivity contribution in [3.63, 3.8) is 0 Å². The molecule has 2 atom stereocenters. The normalized spacial score (nSPS) is 33.2. The highest BCUT2D eigenvalue weighted by molar-refractivity contribution is 7.91. The first-order valence-corrected chi connectivity index (χ1v) is 6.20. The monoisotopic (exact) mass is 202 g/mol. The Morgan fingerprint density at radius 1 is 1.38 bits per heavy atom. The van der Waals surface area contributed by atoms with Crippen molar-refractivity contribution in [3.05, 3.63) is 0 Å². The summed E-state index contributed by atoms with van der Waals surface area (Å²) in [6.45, 7) is 0. The van der Waals surface area contributed by atoms with E-state index in [4.69, 9.17) is 11.0 Å². The molecular formula is C8H14N2O2S. The van der Waals surface area contributed by atoms with Crippen molar-refractivity contribution in [3.8, 4) is 6.07 Å². The van der Waals surface area contributed by atoms with E-state index in [1.54, 1.807) is 0 Å². The van der Waals surface area contributed by atoms with E-state index in [1.807, 2.05) is 6.07 Å². The summed E-state index contributed by atoms with van der Waals surface area (Å²) in [7, 11) is -2.89. The zero-order valence-corrected chi connectivity index (χ0v) is 8.26. The Hall–Kier alpha value is -0.600. The SMILES string of the molecule is N#CCC1CCS(=O)(=O)CCC1N. The summed E-state index contributed by atoms with van der Waals surface area (Å²) in [4.78, 5) is 0. The minimum atomic E-state index is -2.89. The van der Waals surface area contributed by atoms with Crippen molar-refractivity contribution in [2.24, 2.45) is 11.7 Å². The lowest BCUT2D eigenvalue weighted by atomic mass is 9.93. The van der Waals surface area contributed by atoms with Crippen molar-refractivity contribution in [2.45, 2.75) is 25.3 Å². The van der Waals surface area contributed by atoms with Crippen molar-refractivity contribution >= 4 is 9.84 Å². The molecule has 4 nitrogen and oxygen atoms in total. The van der Waals surface area contributed by atoms with Crippen LogP contribution >= 0.6 is 0 Å². The van der Waals surface area contributed by atoms with Gasteiger partial charge >= 0.3 is 0 Å². The Bertz CT molecular complexity index is 305. The Morgan fingerprint density at radius 2 is 2.00 bits per heavy atom. The minimum absolute atomic E-state index is 0.0577. The lowest BCUT2D eigenvalue weighted by Gasteiger charge is -2.16. The largest absolute Gasteiger partial charge is 0.327 e. The maximum Gasteiger partial charge on any atom is 0.150 e. The summed E-state index contributed by atoms with van der Waals surface area (Å²) in [5, 5.41) is 8.50. The van der Waals surface area contributed by atoms with Crippen LogP contribution in [0.3, 0.4) is 0 Å². The van der Waals surface area contributed by atoms with E-state index in [2.05, 4.69) is 0 Å². The zero-order valence-electron chi connectivity index (χ0n) is 7.44. The van der Waals surface area contributed by atoms with Crippen LogP contribution < -0.4 is 5.73 Å². The standard InChI is InChI=1S/C8H14N2O2S/c9-4-1-7-2-5-13(11,12)6-3-8(7)10/h7-8H,1-3,5-6,10H2. The summed E-state index contributed by atoms with van der Waals surface area (Å²) >= 11 is 0. The summed E-state index contributed by atoms with van der Waals surface area (Å²) in [5.74, 6) is 0.422. The third-order valence-electron chi connectivity index (χ3n) is 2.52. The van der Waals surface area contributed by atoms with Gasteiger partial charge in [-0.15, -0.1) is 0 Å². The Balaban J connectivity index is 2.66. The van der Waals surface area contributed by atoms with E-state index in [0.717, 1.165) is 0 Å². The fourth-order valence-electron chi connectivity index (χ4n) is 1.57. The minimum Gasteiger partial charge on any atom is -0.327 e. The topological polar surface area (TPSA) is 84.0 Å². The molecule has 0 aromatic heterocycles. The van der Waals surface area contributed by atoms with Gasteiger partial charge in [0.2, 0.25) is 0 Å². The van der Waals surface area contributed by atoms with Crippen LogP contribution in [0.1, 0.15) is 19.3 Å². The third kappa shape index (κ3) is 2.98. The number of hydrogen-bond donors (Lipinski definition) is 1. The summed E-state index contributed by atoms with van der Waals surface area (Å²) in [6.07, 6.45) is 1.41. The predicted molar refractivity (Wildman–Crippen MR) is 49.6 cm³/mol. The van der Waals surface area contributed by atoms with Crippen molar-refractivity contribution < 1.29 is 8.42 Å². The van der Waals surface area contributed by atoms with Gasteiger partial charge in [0.05, 0.1) is 17.6 Å². The lowest BCUT2D eigenvalue weighted by Crippen LogP contribution is -2.29. The Kier molecular flexibility index (Phi) is 3.28. The molecule has 2 unspecified atom stereocenters. The second kappa shape index (κ2) is 4.07. The zero-order chi connectivity index (χ0) is 9.90. The number of sulfone groups is 1. The first-order chi connectivity index (χ1) is 6.05. The van der Waals surface area contributed by atoms with Crippen LogP contribution in [0.2, 0.25) is 0 Å². The summed E-state index contributed by atoms with van der Waals surface area (Å²) in [6, 6.07) is 1.92. The number of nitrogens with zero attached hydrogens (tertiary/aromatic N) is 1. The van der Waals surface area contributed by atoms with E-state index >= 15 is 0 Å². The van der Waals surface area contributed by atoms with Gasteiger partial charge in [0.15, 0.2) is 0 Å². The van der Waals surface area contributed by atoms with Gasteiger partial charge in [-0.25, -0.2) is 8.42 Å². The molecule has 0 aromatic rings. The van der Waals surface area contributed by atoms with Gasteiger partial charge in [-0.1, -0.05) is 0 Å². The highest BCUT2D eigenvalue weighted by atomic mass is 32.2. The molecule has 0 aromatic carbocycles. The van der Waals surface area contributed by atoms with Crippen molar-refractivity contribution in [2.75, 3.05) is 11.5 Å². The van der Waals surface area contributed by atoms with Gasteiger partial charge in [0.1, 0.15) is 9.84 Å².